The van der Waals surface area contributed by atoms with E-state index in [1.54, 1.807) is 0 Å². The van der Waals surface area contributed by atoms with Gasteiger partial charge in [-0.1, -0.05) is 21.6 Å². The van der Waals surface area contributed by atoms with Crippen LogP contribution in [-0.4, -0.2) is 46.4 Å². The van der Waals surface area contributed by atoms with Crippen molar-refractivity contribution >= 4 is 27.5 Å². The largest absolute Gasteiger partial charge is 0.395 e. The molecule has 2 unspecified atom stereocenters. The number of aliphatic hydroxyl groups excluding tert-OH is 2. The van der Waals surface area contributed by atoms with Gasteiger partial charge in [0.15, 0.2) is 0 Å². The third-order valence-corrected chi connectivity index (χ3v) is 4.22. The molecule has 0 saturated carbocycles. The highest BCUT2D eigenvalue weighted by Crippen LogP contribution is 2.37. The van der Waals surface area contributed by atoms with Crippen LogP contribution in [0.3, 0.4) is 0 Å². The van der Waals surface area contributed by atoms with Gasteiger partial charge in [-0.05, 0) is 0 Å². The fraction of sp³-hybridized carbons (Fsp3) is 0.833. The van der Waals surface area contributed by atoms with Crippen molar-refractivity contribution in [3.8, 4) is 0 Å². The van der Waals surface area contributed by atoms with Crippen LogP contribution in [0.25, 0.3) is 0 Å². The minimum absolute atomic E-state index is 0.0631. The van der Waals surface area contributed by atoms with E-state index in [2.05, 4.69) is 5.32 Å². The average Bonchev–Trinajstić information content (AvgIpc) is 2.47. The molecule has 1 aliphatic heterocycles. The van der Waals surface area contributed by atoms with Gasteiger partial charge in [-0.25, -0.2) is 0 Å². The molecule has 0 aromatic carbocycles. The van der Waals surface area contributed by atoms with Crippen molar-refractivity contribution in [1.29, 1.82) is 0 Å². The normalized spacial score (nSPS) is 28.8. The van der Waals surface area contributed by atoms with Crippen molar-refractivity contribution < 1.29 is 15.0 Å². The van der Waals surface area contributed by atoms with Crippen molar-refractivity contribution in [3.63, 3.8) is 0 Å². The molecule has 1 amide bonds. The lowest BCUT2D eigenvalue weighted by Gasteiger charge is -2.11. The van der Waals surface area contributed by atoms with Crippen molar-refractivity contribution in [2.75, 3.05) is 18.9 Å². The molecule has 0 radical (unpaired) electrons. The van der Waals surface area contributed by atoms with Crippen LogP contribution in [0.15, 0.2) is 0 Å². The minimum atomic E-state index is -0.557. The van der Waals surface area contributed by atoms with Gasteiger partial charge in [-0.15, -0.1) is 0 Å². The number of nitrogens with one attached hydrogen (secondary N) is 1. The van der Waals surface area contributed by atoms with E-state index in [9.17, 15) is 9.90 Å². The second kappa shape index (κ2) is 4.96. The molecule has 1 heterocycles. The summed E-state index contributed by atoms with van der Waals surface area (Å²) in [5.74, 6) is 0.411. The zero-order valence-electron chi connectivity index (χ0n) is 6.40. The Bertz CT molecular complexity index is 167. The Hall–Kier alpha value is 0.0900. The molecule has 4 nitrogen and oxygen atoms in total. The fourth-order valence-electron chi connectivity index (χ4n) is 0.832. The summed E-state index contributed by atoms with van der Waals surface area (Å²) in [5, 5.41) is 19.9. The van der Waals surface area contributed by atoms with Crippen LogP contribution in [0.1, 0.15) is 0 Å². The third kappa shape index (κ3) is 2.55. The van der Waals surface area contributed by atoms with Crippen molar-refractivity contribution in [3.05, 3.63) is 0 Å². The Morgan fingerprint density at radius 2 is 2.42 bits per heavy atom. The first kappa shape index (κ1) is 10.2. The van der Waals surface area contributed by atoms with Gasteiger partial charge < -0.3 is 15.5 Å². The topological polar surface area (TPSA) is 69.6 Å². The van der Waals surface area contributed by atoms with Crippen molar-refractivity contribution in [2.45, 2.75) is 11.4 Å². The first-order valence-electron chi connectivity index (χ1n) is 3.60. The molecule has 1 aliphatic rings. The number of rotatable bonds is 3. The summed E-state index contributed by atoms with van der Waals surface area (Å²) >= 11 is 0. The zero-order valence-corrected chi connectivity index (χ0v) is 8.03. The van der Waals surface area contributed by atoms with Crippen LogP contribution >= 0.6 is 21.6 Å². The lowest BCUT2D eigenvalue weighted by atomic mass is 10.2. The Kier molecular flexibility index (Phi) is 4.20. The summed E-state index contributed by atoms with van der Waals surface area (Å²) in [7, 11) is 2.88. The van der Waals surface area contributed by atoms with Gasteiger partial charge in [0.2, 0.25) is 5.91 Å². The van der Waals surface area contributed by atoms with E-state index in [1.807, 2.05) is 0 Å². The quantitative estimate of drug-likeness (QED) is 0.532. The molecule has 70 valence electrons. The van der Waals surface area contributed by atoms with Crippen molar-refractivity contribution in [2.24, 2.45) is 0 Å². The predicted molar refractivity (Wildman–Crippen MR) is 49.9 cm³/mol. The number of amides is 1. The maximum Gasteiger partial charge on any atom is 0.236 e. The third-order valence-electron chi connectivity index (χ3n) is 1.43. The average molecular weight is 209 g/mol. The molecule has 3 N–H and O–H groups in total. The fourth-order valence-corrected chi connectivity index (χ4v) is 3.65. The Labute approximate surface area is 78.5 Å². The Balaban J connectivity index is 2.30. The molecular weight excluding hydrogens is 198 g/mol. The van der Waals surface area contributed by atoms with E-state index in [0.717, 1.165) is 0 Å². The Morgan fingerprint density at radius 1 is 1.67 bits per heavy atom. The molecule has 6 heteroatoms. The van der Waals surface area contributed by atoms with E-state index in [1.165, 1.54) is 21.6 Å². The van der Waals surface area contributed by atoms with Crippen LogP contribution in [-0.2, 0) is 4.79 Å². The van der Waals surface area contributed by atoms with Gasteiger partial charge in [0.25, 0.3) is 0 Å². The van der Waals surface area contributed by atoms with Crippen LogP contribution < -0.4 is 5.32 Å². The van der Waals surface area contributed by atoms with Gasteiger partial charge in [0, 0.05) is 12.3 Å². The highest BCUT2D eigenvalue weighted by atomic mass is 33.1. The summed E-state index contributed by atoms with van der Waals surface area (Å²) in [6.45, 7) is 0.194. The molecule has 0 aromatic rings. The first-order chi connectivity index (χ1) is 5.75. The van der Waals surface area contributed by atoms with Gasteiger partial charge in [0.05, 0.1) is 12.7 Å². The smallest absolute Gasteiger partial charge is 0.236 e. The van der Waals surface area contributed by atoms with E-state index < -0.39 is 6.10 Å². The zero-order chi connectivity index (χ0) is 8.97. The van der Waals surface area contributed by atoms with Gasteiger partial charge in [0.1, 0.15) is 5.25 Å². The maximum absolute atomic E-state index is 11.2. The number of aliphatic hydroxyl groups is 2. The summed E-state index contributed by atoms with van der Waals surface area (Å²) in [4.78, 5) is 11.2. The van der Waals surface area contributed by atoms with Gasteiger partial charge in [-0.2, -0.15) is 0 Å². The molecule has 0 bridgehead atoms. The summed E-state index contributed by atoms with van der Waals surface area (Å²) in [5.41, 5.74) is 0. The molecule has 0 aliphatic carbocycles. The monoisotopic (exact) mass is 209 g/mol. The molecule has 0 aromatic heterocycles. The van der Waals surface area contributed by atoms with Crippen LogP contribution in [0.2, 0.25) is 0 Å². The first-order valence-corrected chi connectivity index (χ1v) is 5.99. The lowest BCUT2D eigenvalue weighted by molar-refractivity contribution is -0.122. The lowest BCUT2D eigenvalue weighted by Crippen LogP contribution is -2.39. The van der Waals surface area contributed by atoms with Gasteiger partial charge in [-0.3, -0.25) is 4.79 Å². The summed E-state index contributed by atoms with van der Waals surface area (Å²) in [6, 6.07) is 0. The SMILES string of the molecule is O=C(NCCO)C1SSCC1O. The van der Waals surface area contributed by atoms with Crippen molar-refractivity contribution in [1.82, 2.24) is 5.32 Å². The molecule has 1 fully saturated rings. The van der Waals surface area contributed by atoms with E-state index in [-0.39, 0.29) is 24.3 Å². The van der Waals surface area contributed by atoms with Crippen LogP contribution in [0.5, 0.6) is 0 Å². The summed E-state index contributed by atoms with van der Waals surface area (Å²) in [6.07, 6.45) is -0.557. The molecule has 1 saturated heterocycles. The standard InChI is InChI=1S/C6H11NO3S2/c8-2-1-7-6(10)5-4(9)3-11-12-5/h4-5,8-9H,1-3H2,(H,7,10). The molecule has 0 spiro atoms. The van der Waals surface area contributed by atoms with E-state index in [0.29, 0.717) is 5.75 Å². The Morgan fingerprint density at radius 3 is 2.92 bits per heavy atom. The van der Waals surface area contributed by atoms with E-state index >= 15 is 0 Å². The molecule has 2 atom stereocenters. The second-order valence-corrected chi connectivity index (χ2v) is 4.94. The number of hydrogen-bond acceptors (Lipinski definition) is 5. The van der Waals surface area contributed by atoms with Crippen LogP contribution in [0.4, 0.5) is 0 Å². The van der Waals surface area contributed by atoms with Gasteiger partial charge >= 0.3 is 0 Å². The predicted octanol–water partition coefficient (Wildman–Crippen LogP) is -0.781. The maximum atomic E-state index is 11.2. The number of carbonyl (C=O) groups is 1. The molecular formula is C6H11NO3S2. The number of carbonyl (C=O) groups excluding carboxylic acids is 1. The van der Waals surface area contributed by atoms with Crippen LogP contribution in [0, 0.1) is 0 Å². The molecule has 12 heavy (non-hydrogen) atoms. The molecule has 1 rings (SSSR count). The second-order valence-electron chi connectivity index (χ2n) is 2.38. The summed E-state index contributed by atoms with van der Waals surface area (Å²) < 4.78 is 0. The highest BCUT2D eigenvalue weighted by Gasteiger charge is 2.32. The minimum Gasteiger partial charge on any atom is -0.395 e. The highest BCUT2D eigenvalue weighted by molar-refractivity contribution is 8.77. The van der Waals surface area contributed by atoms with E-state index in [4.69, 9.17) is 5.11 Å². The number of hydrogen-bond donors (Lipinski definition) is 3.